The van der Waals surface area contributed by atoms with Crippen molar-refractivity contribution in [3.8, 4) is 11.8 Å². The SMILES string of the molecule is NCCN(CCN)C[C@H](CC(=O)c1ccc(C#Cc2ccccc2)cc1)C(=O)CO. The van der Waals surface area contributed by atoms with E-state index in [1.54, 1.807) is 24.3 Å². The van der Waals surface area contributed by atoms with Crippen molar-refractivity contribution < 1.29 is 14.7 Å². The molecule has 0 aliphatic heterocycles. The molecule has 0 unspecified atom stereocenters. The number of ketones is 2. The first-order chi connectivity index (χ1) is 14.6. The first kappa shape index (κ1) is 23.5. The Kier molecular flexibility index (Phi) is 9.92. The van der Waals surface area contributed by atoms with Gasteiger partial charge in [-0.3, -0.25) is 9.59 Å². The van der Waals surface area contributed by atoms with Crippen LogP contribution in [-0.2, 0) is 4.79 Å². The second-order valence-corrected chi connectivity index (χ2v) is 7.02. The molecule has 2 rings (SSSR count). The summed E-state index contributed by atoms with van der Waals surface area (Å²) in [6.45, 7) is 1.77. The minimum absolute atomic E-state index is 0.0279. The minimum Gasteiger partial charge on any atom is -0.389 e. The number of aliphatic hydroxyl groups is 1. The summed E-state index contributed by atoms with van der Waals surface area (Å²) in [5.41, 5.74) is 13.5. The third kappa shape index (κ3) is 7.54. The fourth-order valence-electron chi connectivity index (χ4n) is 3.13. The fourth-order valence-corrected chi connectivity index (χ4v) is 3.13. The van der Waals surface area contributed by atoms with Crippen molar-refractivity contribution in [2.24, 2.45) is 17.4 Å². The van der Waals surface area contributed by atoms with Crippen molar-refractivity contribution in [1.29, 1.82) is 0 Å². The molecule has 1 atom stereocenters. The van der Waals surface area contributed by atoms with Crippen LogP contribution in [0.4, 0.5) is 0 Å². The summed E-state index contributed by atoms with van der Waals surface area (Å²) < 4.78 is 0. The van der Waals surface area contributed by atoms with Crippen LogP contribution in [0.5, 0.6) is 0 Å². The highest BCUT2D eigenvalue weighted by Gasteiger charge is 2.24. The number of hydrogen-bond donors (Lipinski definition) is 3. The van der Waals surface area contributed by atoms with E-state index in [4.69, 9.17) is 11.5 Å². The summed E-state index contributed by atoms with van der Waals surface area (Å²) in [5, 5.41) is 9.31. The van der Waals surface area contributed by atoms with Crippen LogP contribution in [0.15, 0.2) is 54.6 Å². The van der Waals surface area contributed by atoms with Gasteiger partial charge in [0.25, 0.3) is 0 Å². The molecule has 0 aliphatic carbocycles. The first-order valence-corrected chi connectivity index (χ1v) is 10.0. The number of carbonyl (C=O) groups is 2. The zero-order valence-corrected chi connectivity index (χ0v) is 17.1. The van der Waals surface area contributed by atoms with Crippen LogP contribution < -0.4 is 11.5 Å². The molecule has 2 aromatic carbocycles. The van der Waals surface area contributed by atoms with Gasteiger partial charge in [-0.15, -0.1) is 0 Å². The lowest BCUT2D eigenvalue weighted by molar-refractivity contribution is -0.126. The highest BCUT2D eigenvalue weighted by Crippen LogP contribution is 2.14. The number of aliphatic hydroxyl groups excluding tert-OH is 1. The molecule has 0 heterocycles. The van der Waals surface area contributed by atoms with E-state index in [9.17, 15) is 14.7 Å². The molecular formula is C24H29N3O3. The number of rotatable bonds is 11. The molecule has 0 fully saturated rings. The maximum absolute atomic E-state index is 12.7. The molecule has 0 spiro atoms. The Morgan fingerprint density at radius 3 is 2.00 bits per heavy atom. The van der Waals surface area contributed by atoms with Crippen LogP contribution in [-0.4, -0.2) is 60.9 Å². The van der Waals surface area contributed by atoms with Crippen molar-refractivity contribution in [3.05, 3.63) is 71.3 Å². The summed E-state index contributed by atoms with van der Waals surface area (Å²) in [4.78, 5) is 26.9. The Labute approximate surface area is 177 Å². The molecule has 6 heteroatoms. The van der Waals surface area contributed by atoms with Crippen LogP contribution in [0.2, 0.25) is 0 Å². The zero-order valence-electron chi connectivity index (χ0n) is 17.1. The summed E-state index contributed by atoms with van der Waals surface area (Å²) in [6, 6.07) is 16.7. The van der Waals surface area contributed by atoms with Crippen molar-refractivity contribution >= 4 is 11.6 Å². The third-order valence-corrected chi connectivity index (χ3v) is 4.74. The molecule has 0 aliphatic rings. The van der Waals surface area contributed by atoms with Gasteiger partial charge in [-0.05, 0) is 24.3 Å². The molecule has 30 heavy (non-hydrogen) atoms. The van der Waals surface area contributed by atoms with E-state index in [0.29, 0.717) is 38.3 Å². The number of carbonyl (C=O) groups excluding carboxylic acids is 2. The Morgan fingerprint density at radius 1 is 0.900 bits per heavy atom. The smallest absolute Gasteiger partial charge is 0.163 e. The van der Waals surface area contributed by atoms with Gasteiger partial charge in [0, 0.05) is 61.8 Å². The molecule has 5 N–H and O–H groups in total. The lowest BCUT2D eigenvalue weighted by Gasteiger charge is -2.25. The van der Waals surface area contributed by atoms with Crippen molar-refractivity contribution in [3.63, 3.8) is 0 Å². The van der Waals surface area contributed by atoms with Gasteiger partial charge in [0.2, 0.25) is 0 Å². The maximum atomic E-state index is 12.7. The number of benzene rings is 2. The minimum atomic E-state index is -0.599. The Balaban J connectivity index is 2.06. The monoisotopic (exact) mass is 407 g/mol. The molecule has 6 nitrogen and oxygen atoms in total. The van der Waals surface area contributed by atoms with Crippen LogP contribution in [0.25, 0.3) is 0 Å². The second kappa shape index (κ2) is 12.7. The molecule has 0 saturated heterocycles. The summed E-state index contributed by atoms with van der Waals surface area (Å²) in [6.07, 6.45) is 0.0279. The predicted molar refractivity (Wildman–Crippen MR) is 118 cm³/mol. The standard InChI is InChI=1S/C24H29N3O3/c25-12-14-27(15-13-26)17-22(24(30)18-28)16-23(29)21-10-8-20(9-11-21)7-6-19-4-2-1-3-5-19/h1-5,8-11,22,28H,12-18,25-26H2/t22-/m0/s1. The highest BCUT2D eigenvalue weighted by molar-refractivity contribution is 5.99. The van der Waals surface area contributed by atoms with Crippen LogP contribution in [0, 0.1) is 17.8 Å². The summed E-state index contributed by atoms with van der Waals surface area (Å²) in [7, 11) is 0. The topological polar surface area (TPSA) is 110 Å². The lowest BCUT2D eigenvalue weighted by atomic mass is 9.93. The Morgan fingerprint density at radius 2 is 1.47 bits per heavy atom. The van der Waals surface area contributed by atoms with Gasteiger partial charge >= 0.3 is 0 Å². The van der Waals surface area contributed by atoms with E-state index in [1.165, 1.54) is 0 Å². The van der Waals surface area contributed by atoms with E-state index in [0.717, 1.165) is 11.1 Å². The zero-order chi connectivity index (χ0) is 21.8. The van der Waals surface area contributed by atoms with E-state index in [-0.39, 0.29) is 18.0 Å². The summed E-state index contributed by atoms with van der Waals surface area (Å²) >= 11 is 0. The van der Waals surface area contributed by atoms with Crippen molar-refractivity contribution in [2.45, 2.75) is 6.42 Å². The van der Waals surface area contributed by atoms with Crippen LogP contribution in [0.1, 0.15) is 27.9 Å². The van der Waals surface area contributed by atoms with E-state index in [1.807, 2.05) is 35.2 Å². The molecule has 0 amide bonds. The van der Waals surface area contributed by atoms with Gasteiger partial charge in [0.15, 0.2) is 11.6 Å². The average molecular weight is 408 g/mol. The van der Waals surface area contributed by atoms with E-state index in [2.05, 4.69) is 11.8 Å². The molecule has 2 aromatic rings. The molecule has 0 aromatic heterocycles. The van der Waals surface area contributed by atoms with Gasteiger partial charge in [0.1, 0.15) is 6.61 Å². The maximum Gasteiger partial charge on any atom is 0.163 e. The Bertz CT molecular complexity index is 864. The predicted octanol–water partition coefficient (Wildman–Crippen LogP) is 1.06. The summed E-state index contributed by atoms with van der Waals surface area (Å²) in [5.74, 6) is 5.05. The molecule has 0 radical (unpaired) electrons. The van der Waals surface area contributed by atoms with Gasteiger partial charge in [-0.2, -0.15) is 0 Å². The van der Waals surface area contributed by atoms with Gasteiger partial charge < -0.3 is 21.5 Å². The molecule has 158 valence electrons. The van der Waals surface area contributed by atoms with Crippen molar-refractivity contribution in [1.82, 2.24) is 4.90 Å². The lowest BCUT2D eigenvalue weighted by Crippen LogP contribution is -2.40. The Hall–Kier alpha value is -2.82. The quantitative estimate of drug-likeness (QED) is 0.380. The number of Topliss-reactive ketones (excluding diaryl/α,β-unsaturated/α-hetero) is 2. The highest BCUT2D eigenvalue weighted by atomic mass is 16.3. The van der Waals surface area contributed by atoms with Gasteiger partial charge in [-0.25, -0.2) is 0 Å². The van der Waals surface area contributed by atoms with E-state index >= 15 is 0 Å². The van der Waals surface area contributed by atoms with Gasteiger partial charge in [0.05, 0.1) is 0 Å². The average Bonchev–Trinajstić information content (AvgIpc) is 2.78. The largest absolute Gasteiger partial charge is 0.389 e. The first-order valence-electron chi connectivity index (χ1n) is 10.0. The van der Waals surface area contributed by atoms with Gasteiger partial charge in [-0.1, -0.05) is 42.2 Å². The normalized spacial score (nSPS) is 11.6. The number of hydrogen-bond acceptors (Lipinski definition) is 6. The second-order valence-electron chi connectivity index (χ2n) is 7.02. The van der Waals surface area contributed by atoms with Crippen LogP contribution in [0.3, 0.4) is 0 Å². The molecular weight excluding hydrogens is 378 g/mol. The van der Waals surface area contributed by atoms with E-state index < -0.39 is 12.5 Å². The van der Waals surface area contributed by atoms with Crippen molar-refractivity contribution in [2.75, 3.05) is 39.3 Å². The van der Waals surface area contributed by atoms with Crippen LogP contribution >= 0.6 is 0 Å². The molecule has 0 saturated carbocycles. The third-order valence-electron chi connectivity index (χ3n) is 4.74. The molecule has 0 bridgehead atoms. The number of nitrogens with two attached hydrogens (primary N) is 2. The fraction of sp³-hybridized carbons (Fsp3) is 0.333. The number of nitrogens with zero attached hydrogens (tertiary/aromatic N) is 1.